The van der Waals surface area contributed by atoms with Gasteiger partial charge in [-0.2, -0.15) is 5.06 Å². The molecule has 0 amide bonds. The van der Waals surface area contributed by atoms with Crippen molar-refractivity contribution in [1.82, 2.24) is 5.06 Å². The minimum absolute atomic E-state index is 0.0135. The molecule has 0 aromatic rings. The number of fused-ring (bicyclic) bond motifs is 2. The Morgan fingerprint density at radius 1 is 1.24 bits per heavy atom. The van der Waals surface area contributed by atoms with Crippen molar-refractivity contribution < 1.29 is 14.7 Å². The molecule has 2 aliphatic heterocycles. The predicted octanol–water partition coefficient (Wildman–Crippen LogP) is 2.35. The first-order valence-corrected chi connectivity index (χ1v) is 6.56. The molecule has 0 aromatic heterocycles. The fraction of sp³-hybridized carbons (Fsp3) is 0.923. The normalized spacial score (nSPS) is 34.5. The molecule has 98 valence electrons. The summed E-state index contributed by atoms with van der Waals surface area (Å²) >= 11 is 0. The van der Waals surface area contributed by atoms with Crippen LogP contribution in [-0.4, -0.2) is 34.4 Å². The summed E-state index contributed by atoms with van der Waals surface area (Å²) in [6.07, 6.45) is 4.73. The zero-order valence-electron chi connectivity index (χ0n) is 11.0. The first-order chi connectivity index (χ1) is 7.88. The van der Waals surface area contributed by atoms with Gasteiger partial charge < -0.3 is 9.94 Å². The number of ether oxygens (including phenoxy) is 1. The lowest BCUT2D eigenvalue weighted by Crippen LogP contribution is -2.52. The summed E-state index contributed by atoms with van der Waals surface area (Å²) in [4.78, 5) is 11.8. The number of esters is 1. The quantitative estimate of drug-likeness (QED) is 0.716. The number of hydrogen-bond acceptors (Lipinski definition) is 4. The first kappa shape index (κ1) is 12.8. The van der Waals surface area contributed by atoms with E-state index in [1.807, 2.05) is 20.8 Å². The number of nitrogens with zero attached hydrogens (tertiary/aromatic N) is 1. The van der Waals surface area contributed by atoms with Crippen LogP contribution in [-0.2, 0) is 9.53 Å². The van der Waals surface area contributed by atoms with Crippen LogP contribution in [0.1, 0.15) is 52.9 Å². The van der Waals surface area contributed by atoms with Crippen molar-refractivity contribution in [3.05, 3.63) is 0 Å². The summed E-state index contributed by atoms with van der Waals surface area (Å²) in [6.45, 7) is 5.62. The monoisotopic (exact) mass is 241 g/mol. The van der Waals surface area contributed by atoms with Gasteiger partial charge in [-0.05, 0) is 33.6 Å². The second-order valence-corrected chi connectivity index (χ2v) is 6.37. The van der Waals surface area contributed by atoms with Gasteiger partial charge in [-0.1, -0.05) is 6.42 Å². The van der Waals surface area contributed by atoms with E-state index in [0.29, 0.717) is 0 Å². The van der Waals surface area contributed by atoms with Crippen molar-refractivity contribution in [3.63, 3.8) is 0 Å². The van der Waals surface area contributed by atoms with Crippen molar-refractivity contribution >= 4 is 5.97 Å². The lowest BCUT2D eigenvalue weighted by atomic mass is 9.84. The minimum Gasteiger partial charge on any atom is -0.462 e. The topological polar surface area (TPSA) is 49.8 Å². The van der Waals surface area contributed by atoms with Crippen LogP contribution in [0.5, 0.6) is 0 Å². The van der Waals surface area contributed by atoms with Gasteiger partial charge in [0, 0.05) is 24.9 Å². The van der Waals surface area contributed by atoms with Gasteiger partial charge >= 0.3 is 5.97 Å². The smallest absolute Gasteiger partial charge is 0.311 e. The van der Waals surface area contributed by atoms with Crippen molar-refractivity contribution in [2.45, 2.75) is 71.1 Å². The molecule has 17 heavy (non-hydrogen) atoms. The van der Waals surface area contributed by atoms with Crippen LogP contribution < -0.4 is 0 Å². The highest BCUT2D eigenvalue weighted by Gasteiger charge is 2.40. The molecule has 2 rings (SSSR count). The van der Waals surface area contributed by atoms with Crippen LogP contribution in [0.15, 0.2) is 0 Å². The van der Waals surface area contributed by atoms with Crippen LogP contribution in [0.3, 0.4) is 0 Å². The third kappa shape index (κ3) is 2.80. The van der Waals surface area contributed by atoms with Crippen molar-refractivity contribution in [2.24, 2.45) is 5.41 Å². The summed E-state index contributed by atoms with van der Waals surface area (Å²) in [5.41, 5.74) is -0.439. The molecule has 0 aromatic carbocycles. The molecule has 4 heteroatoms. The Hall–Kier alpha value is -0.610. The molecule has 2 fully saturated rings. The number of hydroxylamine groups is 2. The molecule has 0 spiro atoms. The molecule has 4 nitrogen and oxygen atoms in total. The number of rotatable bonds is 1. The lowest BCUT2D eigenvalue weighted by molar-refractivity contribution is -0.217. The second kappa shape index (κ2) is 4.58. The van der Waals surface area contributed by atoms with E-state index in [1.54, 1.807) is 0 Å². The van der Waals surface area contributed by atoms with Gasteiger partial charge in [-0.25, -0.2) is 0 Å². The lowest BCUT2D eigenvalue weighted by Gasteiger charge is -2.44. The molecule has 0 saturated carbocycles. The highest BCUT2D eigenvalue weighted by Crippen LogP contribution is 2.34. The van der Waals surface area contributed by atoms with Crippen molar-refractivity contribution in [3.8, 4) is 0 Å². The molecular weight excluding hydrogens is 218 g/mol. The molecule has 2 bridgehead atoms. The average Bonchev–Trinajstić information content (AvgIpc) is 2.18. The summed E-state index contributed by atoms with van der Waals surface area (Å²) in [6, 6.07) is 0.362. The van der Waals surface area contributed by atoms with E-state index >= 15 is 0 Å². The van der Waals surface area contributed by atoms with E-state index in [1.165, 1.54) is 11.5 Å². The van der Waals surface area contributed by atoms with Gasteiger partial charge in [-0.15, -0.1) is 0 Å². The summed E-state index contributed by atoms with van der Waals surface area (Å²) < 4.78 is 5.56. The highest BCUT2D eigenvalue weighted by molar-refractivity contribution is 5.75. The zero-order valence-corrected chi connectivity index (χ0v) is 11.0. The Morgan fingerprint density at radius 2 is 1.76 bits per heavy atom. The Kier molecular flexibility index (Phi) is 3.46. The summed E-state index contributed by atoms with van der Waals surface area (Å²) in [5, 5.41) is 11.4. The van der Waals surface area contributed by atoms with E-state index in [-0.39, 0.29) is 24.2 Å². The van der Waals surface area contributed by atoms with Crippen LogP contribution in [0.2, 0.25) is 0 Å². The Labute approximate surface area is 103 Å². The SMILES string of the molecule is CC(C)(C)C(=O)O[C@H]1C[C@H]2CCC[C@@H](C1)N2O. The maximum atomic E-state index is 11.8. The molecule has 0 unspecified atom stereocenters. The van der Waals surface area contributed by atoms with E-state index in [9.17, 15) is 10.0 Å². The van der Waals surface area contributed by atoms with E-state index < -0.39 is 5.41 Å². The molecule has 2 heterocycles. The van der Waals surface area contributed by atoms with Crippen molar-refractivity contribution in [2.75, 3.05) is 0 Å². The number of piperidine rings is 2. The van der Waals surface area contributed by atoms with Crippen LogP contribution in [0.25, 0.3) is 0 Å². The summed E-state index contributed by atoms with van der Waals surface area (Å²) in [5.74, 6) is -0.132. The third-order valence-corrected chi connectivity index (χ3v) is 3.78. The van der Waals surface area contributed by atoms with Crippen LogP contribution >= 0.6 is 0 Å². The highest BCUT2D eigenvalue weighted by atomic mass is 16.5. The maximum Gasteiger partial charge on any atom is 0.311 e. The fourth-order valence-corrected chi connectivity index (χ4v) is 2.73. The van der Waals surface area contributed by atoms with Gasteiger partial charge in [0.25, 0.3) is 0 Å². The fourth-order valence-electron chi connectivity index (χ4n) is 2.73. The maximum absolute atomic E-state index is 11.8. The molecule has 2 saturated heterocycles. The molecule has 2 aliphatic rings. The van der Waals surface area contributed by atoms with Gasteiger partial charge in [-0.3, -0.25) is 4.79 Å². The Balaban J connectivity index is 1.94. The molecular formula is C13H23NO3. The van der Waals surface area contributed by atoms with Crippen molar-refractivity contribution in [1.29, 1.82) is 0 Å². The van der Waals surface area contributed by atoms with E-state index in [2.05, 4.69) is 0 Å². The second-order valence-electron chi connectivity index (χ2n) is 6.37. The van der Waals surface area contributed by atoms with Gasteiger partial charge in [0.15, 0.2) is 0 Å². The van der Waals surface area contributed by atoms with Gasteiger partial charge in [0.2, 0.25) is 0 Å². The minimum atomic E-state index is -0.439. The number of carbonyl (C=O) groups excluding carboxylic acids is 1. The van der Waals surface area contributed by atoms with Gasteiger partial charge in [0.1, 0.15) is 6.10 Å². The summed E-state index contributed by atoms with van der Waals surface area (Å²) in [7, 11) is 0. The number of carbonyl (C=O) groups is 1. The Bertz CT molecular complexity index is 284. The average molecular weight is 241 g/mol. The number of hydrogen-bond donors (Lipinski definition) is 1. The first-order valence-electron chi connectivity index (χ1n) is 6.56. The predicted molar refractivity (Wildman–Crippen MR) is 63.6 cm³/mol. The van der Waals surface area contributed by atoms with Crippen LogP contribution in [0, 0.1) is 5.41 Å². The largest absolute Gasteiger partial charge is 0.462 e. The molecule has 1 N–H and O–H groups in total. The standard InChI is InChI=1S/C13H23NO3/c1-13(2,3)12(15)17-11-7-9-5-4-6-10(8-11)14(9)16/h9-11,16H,4-8H2,1-3H3/t9-,10+,11+. The van der Waals surface area contributed by atoms with E-state index in [4.69, 9.17) is 4.74 Å². The molecule has 3 atom stereocenters. The van der Waals surface area contributed by atoms with Gasteiger partial charge in [0.05, 0.1) is 5.41 Å². The Morgan fingerprint density at radius 3 is 2.24 bits per heavy atom. The molecule has 0 radical (unpaired) electrons. The van der Waals surface area contributed by atoms with E-state index in [0.717, 1.165) is 25.7 Å². The molecule has 0 aliphatic carbocycles. The van der Waals surface area contributed by atoms with Crippen LogP contribution in [0.4, 0.5) is 0 Å². The third-order valence-electron chi connectivity index (χ3n) is 3.78. The zero-order chi connectivity index (χ0) is 12.6.